The lowest BCUT2D eigenvalue weighted by atomic mass is 10.2. The van der Waals surface area contributed by atoms with Crippen molar-refractivity contribution in [2.24, 2.45) is 0 Å². The van der Waals surface area contributed by atoms with Crippen LogP contribution in [0.4, 0.5) is 9.18 Å². The summed E-state index contributed by atoms with van der Waals surface area (Å²) >= 11 is 0. The van der Waals surface area contributed by atoms with Crippen LogP contribution in [0.5, 0.6) is 0 Å². The van der Waals surface area contributed by atoms with Crippen LogP contribution < -0.4 is 10.6 Å². The highest BCUT2D eigenvalue weighted by Gasteiger charge is 2.22. The van der Waals surface area contributed by atoms with E-state index in [4.69, 9.17) is 10.2 Å². The van der Waals surface area contributed by atoms with Crippen molar-refractivity contribution in [2.45, 2.75) is 19.0 Å². The van der Waals surface area contributed by atoms with Gasteiger partial charge < -0.3 is 20.8 Å². The van der Waals surface area contributed by atoms with Crippen LogP contribution in [0, 0.1) is 5.82 Å². The Labute approximate surface area is 113 Å². The first kappa shape index (κ1) is 15.4. The molecule has 8 heteroatoms. The molecule has 7 nitrogen and oxygen atoms in total. The lowest BCUT2D eigenvalue weighted by molar-refractivity contribution is -0.145. The van der Waals surface area contributed by atoms with Crippen molar-refractivity contribution in [3.8, 4) is 0 Å². The summed E-state index contributed by atoms with van der Waals surface area (Å²) in [6.07, 6.45) is -0.723. The minimum atomic E-state index is -1.51. The molecule has 0 aliphatic heterocycles. The molecule has 2 amide bonds. The third-order valence-corrected chi connectivity index (χ3v) is 2.35. The van der Waals surface area contributed by atoms with Crippen LogP contribution in [0.15, 0.2) is 24.3 Å². The molecule has 0 aliphatic rings. The van der Waals surface area contributed by atoms with Gasteiger partial charge in [0.05, 0.1) is 6.42 Å². The molecule has 0 saturated carbocycles. The number of nitrogens with one attached hydrogen (secondary N) is 2. The van der Waals surface area contributed by atoms with E-state index < -0.39 is 36.2 Å². The fourth-order valence-corrected chi connectivity index (χ4v) is 1.37. The molecule has 0 aliphatic carbocycles. The van der Waals surface area contributed by atoms with Crippen LogP contribution in [0.2, 0.25) is 0 Å². The number of amides is 2. The van der Waals surface area contributed by atoms with Crippen molar-refractivity contribution in [3.63, 3.8) is 0 Å². The van der Waals surface area contributed by atoms with Gasteiger partial charge in [-0.15, -0.1) is 0 Å². The van der Waals surface area contributed by atoms with Gasteiger partial charge in [0.15, 0.2) is 0 Å². The average Bonchev–Trinajstić information content (AvgIpc) is 2.36. The van der Waals surface area contributed by atoms with E-state index in [2.05, 4.69) is 5.32 Å². The number of hydrogen-bond donors (Lipinski definition) is 4. The first-order chi connectivity index (χ1) is 9.38. The summed E-state index contributed by atoms with van der Waals surface area (Å²) in [6.45, 7) is 0.0610. The summed E-state index contributed by atoms with van der Waals surface area (Å²) < 4.78 is 12.6. The molecule has 4 N–H and O–H groups in total. The number of carbonyl (C=O) groups excluding carboxylic acids is 1. The van der Waals surface area contributed by atoms with Gasteiger partial charge in [-0.25, -0.2) is 14.0 Å². The molecule has 108 valence electrons. The first-order valence-electron chi connectivity index (χ1n) is 5.62. The van der Waals surface area contributed by atoms with Crippen molar-refractivity contribution in [1.82, 2.24) is 10.6 Å². The van der Waals surface area contributed by atoms with Gasteiger partial charge in [0.2, 0.25) is 0 Å². The van der Waals surface area contributed by atoms with Gasteiger partial charge in [-0.1, -0.05) is 12.1 Å². The monoisotopic (exact) mass is 284 g/mol. The average molecular weight is 284 g/mol. The van der Waals surface area contributed by atoms with Gasteiger partial charge >= 0.3 is 18.0 Å². The molecule has 0 fully saturated rings. The van der Waals surface area contributed by atoms with E-state index in [-0.39, 0.29) is 6.54 Å². The molecule has 1 rings (SSSR count). The fourth-order valence-electron chi connectivity index (χ4n) is 1.37. The van der Waals surface area contributed by atoms with Gasteiger partial charge in [0, 0.05) is 6.54 Å². The van der Waals surface area contributed by atoms with Crippen LogP contribution in [0.25, 0.3) is 0 Å². The van der Waals surface area contributed by atoms with Crippen LogP contribution >= 0.6 is 0 Å². The predicted octanol–water partition coefficient (Wildman–Crippen LogP) is 0.553. The maximum Gasteiger partial charge on any atom is 0.326 e. The van der Waals surface area contributed by atoms with E-state index in [1.807, 2.05) is 5.32 Å². The molecule has 1 aromatic carbocycles. The molecule has 1 aromatic rings. The van der Waals surface area contributed by atoms with Crippen molar-refractivity contribution < 1.29 is 29.0 Å². The smallest absolute Gasteiger partial charge is 0.326 e. The summed E-state index contributed by atoms with van der Waals surface area (Å²) in [6, 6.07) is 3.03. The summed E-state index contributed by atoms with van der Waals surface area (Å²) in [5.74, 6) is -3.19. The number of hydrogen-bond acceptors (Lipinski definition) is 3. The highest BCUT2D eigenvalue weighted by Crippen LogP contribution is 2.02. The zero-order valence-corrected chi connectivity index (χ0v) is 10.3. The molecule has 20 heavy (non-hydrogen) atoms. The highest BCUT2D eigenvalue weighted by molar-refractivity contribution is 5.86. The van der Waals surface area contributed by atoms with Gasteiger partial charge in [-0.3, -0.25) is 4.79 Å². The number of carbonyl (C=O) groups is 3. The van der Waals surface area contributed by atoms with Crippen LogP contribution in [0.1, 0.15) is 12.0 Å². The molecular formula is C12H13FN2O5. The third kappa shape index (κ3) is 5.34. The summed E-state index contributed by atoms with van der Waals surface area (Å²) in [4.78, 5) is 32.6. The molecule has 1 unspecified atom stereocenters. The van der Waals surface area contributed by atoms with E-state index >= 15 is 0 Å². The predicted molar refractivity (Wildman–Crippen MR) is 65.4 cm³/mol. The van der Waals surface area contributed by atoms with E-state index in [0.29, 0.717) is 5.56 Å². The maximum atomic E-state index is 12.6. The number of carboxylic acid groups (broad SMARTS) is 2. The molecular weight excluding hydrogens is 271 g/mol. The van der Waals surface area contributed by atoms with E-state index in [1.54, 1.807) is 0 Å². The summed E-state index contributed by atoms with van der Waals surface area (Å²) in [5.41, 5.74) is 0.617. The second-order valence-electron chi connectivity index (χ2n) is 3.94. The molecule has 0 saturated heterocycles. The minimum absolute atomic E-state index is 0.0610. The second kappa shape index (κ2) is 7.07. The van der Waals surface area contributed by atoms with Crippen LogP contribution in [0.3, 0.4) is 0 Å². The Morgan fingerprint density at radius 1 is 1.15 bits per heavy atom. The quantitative estimate of drug-likeness (QED) is 0.609. The van der Waals surface area contributed by atoms with E-state index in [1.165, 1.54) is 24.3 Å². The lowest BCUT2D eigenvalue weighted by Crippen LogP contribution is -2.46. The number of carboxylic acids is 2. The number of aliphatic carboxylic acids is 2. The minimum Gasteiger partial charge on any atom is -0.481 e. The summed E-state index contributed by atoms with van der Waals surface area (Å²) in [7, 11) is 0. The number of benzene rings is 1. The largest absolute Gasteiger partial charge is 0.481 e. The van der Waals surface area contributed by atoms with Crippen molar-refractivity contribution in [1.29, 1.82) is 0 Å². The van der Waals surface area contributed by atoms with Crippen LogP contribution in [-0.2, 0) is 16.1 Å². The zero-order valence-electron chi connectivity index (χ0n) is 10.3. The molecule has 1 atom stereocenters. The topological polar surface area (TPSA) is 116 Å². The molecule has 0 heterocycles. The molecule has 0 bridgehead atoms. The number of urea groups is 1. The third-order valence-electron chi connectivity index (χ3n) is 2.35. The Balaban J connectivity index is 2.47. The lowest BCUT2D eigenvalue weighted by Gasteiger charge is -2.13. The van der Waals surface area contributed by atoms with Gasteiger partial charge in [0.25, 0.3) is 0 Å². The zero-order chi connectivity index (χ0) is 15.1. The van der Waals surface area contributed by atoms with Gasteiger partial charge in [-0.05, 0) is 17.7 Å². The van der Waals surface area contributed by atoms with Crippen LogP contribution in [-0.4, -0.2) is 34.2 Å². The molecule has 0 radical (unpaired) electrons. The Hall–Kier alpha value is -2.64. The standard InChI is InChI=1S/C12H13FN2O5/c13-8-3-1-7(2-4-8)6-14-12(20)15-9(11(18)19)5-10(16)17/h1-4,9H,5-6H2,(H,16,17)(H,18,19)(H2,14,15,20). The Bertz CT molecular complexity index is 503. The first-order valence-corrected chi connectivity index (χ1v) is 5.62. The van der Waals surface area contributed by atoms with Crippen molar-refractivity contribution >= 4 is 18.0 Å². The van der Waals surface area contributed by atoms with E-state index in [9.17, 15) is 18.8 Å². The van der Waals surface area contributed by atoms with Gasteiger partial charge in [0.1, 0.15) is 11.9 Å². The number of halogens is 1. The fraction of sp³-hybridized carbons (Fsp3) is 0.250. The Morgan fingerprint density at radius 2 is 1.75 bits per heavy atom. The van der Waals surface area contributed by atoms with Gasteiger partial charge in [-0.2, -0.15) is 0 Å². The maximum absolute atomic E-state index is 12.6. The highest BCUT2D eigenvalue weighted by atomic mass is 19.1. The normalized spacial score (nSPS) is 11.4. The van der Waals surface area contributed by atoms with Crippen molar-refractivity contribution in [2.75, 3.05) is 0 Å². The summed E-state index contributed by atoms with van der Waals surface area (Å²) in [5, 5.41) is 21.6. The SMILES string of the molecule is O=C(O)CC(NC(=O)NCc1ccc(F)cc1)C(=O)O. The molecule has 0 aromatic heterocycles. The number of rotatable bonds is 6. The Kier molecular flexibility index (Phi) is 5.45. The molecule has 0 spiro atoms. The van der Waals surface area contributed by atoms with Crippen molar-refractivity contribution in [3.05, 3.63) is 35.6 Å². The Morgan fingerprint density at radius 3 is 2.25 bits per heavy atom. The second-order valence-corrected chi connectivity index (χ2v) is 3.94. The van der Waals surface area contributed by atoms with E-state index in [0.717, 1.165) is 0 Å².